The lowest BCUT2D eigenvalue weighted by Crippen LogP contribution is -2.33. The Balaban J connectivity index is 1.51. The van der Waals surface area contributed by atoms with Gasteiger partial charge in [0.1, 0.15) is 17.7 Å². The topological polar surface area (TPSA) is 60.0 Å². The zero-order valence-corrected chi connectivity index (χ0v) is 11.9. The molecule has 108 valence electrons. The summed E-state index contributed by atoms with van der Waals surface area (Å²) in [6.07, 6.45) is 3.86. The predicted molar refractivity (Wildman–Crippen MR) is 79.2 cm³/mol. The van der Waals surface area contributed by atoms with Crippen molar-refractivity contribution in [1.82, 2.24) is 19.7 Å². The number of hydrogen-bond donors (Lipinski definition) is 0. The largest absolute Gasteiger partial charge is 0.423 e. The molecule has 0 saturated carbocycles. The molecule has 0 amide bonds. The average Bonchev–Trinajstić information content (AvgIpc) is 3.13. The lowest BCUT2D eigenvalue weighted by Gasteiger charge is -2.30. The molecule has 6 heteroatoms. The maximum absolute atomic E-state index is 5.84. The highest BCUT2D eigenvalue weighted by Gasteiger charge is 2.26. The van der Waals surface area contributed by atoms with Crippen molar-refractivity contribution in [3.05, 3.63) is 36.4 Å². The molecule has 1 aromatic carbocycles. The van der Waals surface area contributed by atoms with E-state index in [1.54, 1.807) is 6.33 Å². The summed E-state index contributed by atoms with van der Waals surface area (Å²) in [6.45, 7) is 1.87. The first-order chi connectivity index (χ1) is 10.3. The summed E-state index contributed by atoms with van der Waals surface area (Å²) in [4.78, 5) is 6.78. The van der Waals surface area contributed by atoms with Gasteiger partial charge < -0.3 is 13.9 Å². The van der Waals surface area contributed by atoms with Crippen LogP contribution in [0.3, 0.4) is 0 Å². The third-order valence-corrected chi connectivity index (χ3v) is 4.16. The molecule has 0 N–H and O–H groups in total. The van der Waals surface area contributed by atoms with E-state index in [9.17, 15) is 0 Å². The van der Waals surface area contributed by atoms with Crippen molar-refractivity contribution in [1.29, 1.82) is 0 Å². The summed E-state index contributed by atoms with van der Waals surface area (Å²) < 4.78 is 7.85. The third kappa shape index (κ3) is 2.16. The van der Waals surface area contributed by atoms with Gasteiger partial charge in [-0.15, -0.1) is 10.2 Å². The van der Waals surface area contributed by atoms with Crippen LogP contribution < -0.4 is 4.90 Å². The Hall–Kier alpha value is -2.37. The Bertz CT molecular complexity index is 721. The van der Waals surface area contributed by atoms with Crippen molar-refractivity contribution >= 4 is 17.1 Å². The SMILES string of the molecule is Cn1cnnc1C1CCN(c2nc3ccccc3o2)CC1. The van der Waals surface area contributed by atoms with E-state index in [0.29, 0.717) is 5.92 Å². The first-order valence-electron chi connectivity index (χ1n) is 7.25. The molecule has 21 heavy (non-hydrogen) atoms. The van der Waals surface area contributed by atoms with Gasteiger partial charge >= 0.3 is 0 Å². The number of oxazole rings is 1. The van der Waals surface area contributed by atoms with E-state index in [1.807, 2.05) is 35.9 Å². The van der Waals surface area contributed by atoms with Crippen molar-refractivity contribution in [2.45, 2.75) is 18.8 Å². The van der Waals surface area contributed by atoms with Gasteiger partial charge in [0.2, 0.25) is 0 Å². The summed E-state index contributed by atoms with van der Waals surface area (Å²) in [5, 5.41) is 8.20. The molecule has 1 saturated heterocycles. The van der Waals surface area contributed by atoms with Gasteiger partial charge in [-0.2, -0.15) is 4.98 Å². The monoisotopic (exact) mass is 283 g/mol. The maximum atomic E-state index is 5.84. The van der Waals surface area contributed by atoms with Crippen LogP contribution in [0, 0.1) is 0 Å². The van der Waals surface area contributed by atoms with E-state index in [2.05, 4.69) is 20.1 Å². The number of anilines is 1. The van der Waals surface area contributed by atoms with Crippen molar-refractivity contribution < 1.29 is 4.42 Å². The molecule has 0 aliphatic carbocycles. The zero-order chi connectivity index (χ0) is 14.2. The molecule has 0 radical (unpaired) electrons. The Morgan fingerprint density at radius 1 is 1.19 bits per heavy atom. The van der Waals surface area contributed by atoms with Gasteiger partial charge in [0, 0.05) is 26.1 Å². The molecule has 1 fully saturated rings. The van der Waals surface area contributed by atoms with Gasteiger partial charge in [-0.05, 0) is 25.0 Å². The minimum atomic E-state index is 0.470. The van der Waals surface area contributed by atoms with Crippen LogP contribution in [-0.2, 0) is 7.05 Å². The van der Waals surface area contributed by atoms with E-state index in [-0.39, 0.29) is 0 Å². The van der Waals surface area contributed by atoms with Crippen molar-refractivity contribution in [3.8, 4) is 0 Å². The van der Waals surface area contributed by atoms with Crippen molar-refractivity contribution in [2.24, 2.45) is 7.05 Å². The number of hydrogen-bond acceptors (Lipinski definition) is 5. The summed E-state index contributed by atoms with van der Waals surface area (Å²) in [5.74, 6) is 1.55. The molecule has 3 aromatic rings. The molecular formula is C15H17N5O. The number of nitrogens with zero attached hydrogens (tertiary/aromatic N) is 5. The van der Waals surface area contributed by atoms with Crippen molar-refractivity contribution in [3.63, 3.8) is 0 Å². The van der Waals surface area contributed by atoms with E-state index < -0.39 is 0 Å². The van der Waals surface area contributed by atoms with E-state index >= 15 is 0 Å². The Morgan fingerprint density at radius 3 is 2.71 bits per heavy atom. The number of aryl methyl sites for hydroxylation is 1. The van der Waals surface area contributed by atoms with Gasteiger partial charge in [-0.1, -0.05) is 12.1 Å². The lowest BCUT2D eigenvalue weighted by atomic mass is 9.96. The quantitative estimate of drug-likeness (QED) is 0.722. The molecule has 3 heterocycles. The normalized spacial score (nSPS) is 16.7. The molecule has 0 unspecified atom stereocenters. The first kappa shape index (κ1) is 12.4. The number of benzene rings is 1. The van der Waals surface area contributed by atoms with Crippen LogP contribution in [0.1, 0.15) is 24.6 Å². The molecular weight excluding hydrogens is 266 g/mol. The highest BCUT2D eigenvalue weighted by Crippen LogP contribution is 2.30. The number of fused-ring (bicyclic) bond motifs is 1. The Morgan fingerprint density at radius 2 is 2.00 bits per heavy atom. The van der Waals surface area contributed by atoms with E-state index in [1.165, 1.54) is 0 Å². The average molecular weight is 283 g/mol. The first-order valence-corrected chi connectivity index (χ1v) is 7.25. The standard InChI is InChI=1S/C15H17N5O/c1-19-10-16-18-14(19)11-6-8-20(9-7-11)15-17-12-4-2-3-5-13(12)21-15/h2-5,10-11H,6-9H2,1H3. The van der Waals surface area contributed by atoms with Gasteiger partial charge in [0.05, 0.1) is 0 Å². The maximum Gasteiger partial charge on any atom is 0.298 e. The molecule has 4 rings (SSSR count). The van der Waals surface area contributed by atoms with Gasteiger partial charge in [-0.25, -0.2) is 0 Å². The summed E-state index contributed by atoms with van der Waals surface area (Å²) in [5.41, 5.74) is 1.77. The summed E-state index contributed by atoms with van der Waals surface area (Å²) in [6, 6.07) is 8.62. The minimum absolute atomic E-state index is 0.470. The minimum Gasteiger partial charge on any atom is -0.423 e. The van der Waals surface area contributed by atoms with Gasteiger partial charge in [0.25, 0.3) is 6.01 Å². The molecule has 2 aromatic heterocycles. The molecule has 0 bridgehead atoms. The molecule has 1 aliphatic heterocycles. The summed E-state index contributed by atoms with van der Waals surface area (Å²) in [7, 11) is 2.00. The second-order valence-electron chi connectivity index (χ2n) is 5.53. The smallest absolute Gasteiger partial charge is 0.298 e. The molecule has 6 nitrogen and oxygen atoms in total. The highest BCUT2D eigenvalue weighted by atomic mass is 16.4. The van der Waals surface area contributed by atoms with Crippen LogP contribution in [0.25, 0.3) is 11.1 Å². The zero-order valence-electron chi connectivity index (χ0n) is 11.9. The fraction of sp³-hybridized carbons (Fsp3) is 0.400. The van der Waals surface area contributed by atoms with E-state index in [4.69, 9.17) is 4.42 Å². The fourth-order valence-corrected chi connectivity index (χ4v) is 2.99. The van der Waals surface area contributed by atoms with Crippen LogP contribution in [0.4, 0.5) is 6.01 Å². The summed E-state index contributed by atoms with van der Waals surface area (Å²) >= 11 is 0. The lowest BCUT2D eigenvalue weighted by molar-refractivity contribution is 0.447. The number of aromatic nitrogens is 4. The molecule has 0 atom stereocenters. The van der Waals surface area contributed by atoms with Crippen LogP contribution in [0.5, 0.6) is 0 Å². The van der Waals surface area contributed by atoms with Crippen LogP contribution in [0.15, 0.2) is 35.0 Å². The number of rotatable bonds is 2. The van der Waals surface area contributed by atoms with Crippen LogP contribution in [0.2, 0.25) is 0 Å². The molecule has 0 spiro atoms. The second kappa shape index (κ2) is 4.87. The van der Waals surface area contributed by atoms with Crippen molar-refractivity contribution in [2.75, 3.05) is 18.0 Å². The second-order valence-corrected chi connectivity index (χ2v) is 5.53. The Labute approximate surface area is 122 Å². The highest BCUT2D eigenvalue weighted by molar-refractivity contribution is 5.74. The number of piperidine rings is 1. The molecule has 1 aliphatic rings. The predicted octanol–water partition coefficient (Wildman–Crippen LogP) is 2.34. The van der Waals surface area contributed by atoms with E-state index in [0.717, 1.165) is 48.9 Å². The Kier molecular flexibility index (Phi) is 2.87. The van der Waals surface area contributed by atoms with Crippen LogP contribution in [-0.4, -0.2) is 32.8 Å². The van der Waals surface area contributed by atoms with Crippen LogP contribution >= 0.6 is 0 Å². The third-order valence-electron chi connectivity index (χ3n) is 4.16. The van der Waals surface area contributed by atoms with Gasteiger partial charge in [0.15, 0.2) is 5.58 Å². The fourth-order valence-electron chi connectivity index (χ4n) is 2.99. The number of para-hydroxylation sites is 2. The van der Waals surface area contributed by atoms with Gasteiger partial charge in [-0.3, -0.25) is 0 Å².